The summed E-state index contributed by atoms with van der Waals surface area (Å²) < 4.78 is 0. The van der Waals surface area contributed by atoms with Crippen molar-refractivity contribution in [3.8, 4) is 0 Å². The maximum absolute atomic E-state index is 12.1. The molecule has 1 heterocycles. The van der Waals surface area contributed by atoms with Crippen LogP contribution in [0.25, 0.3) is 0 Å². The summed E-state index contributed by atoms with van der Waals surface area (Å²) in [7, 11) is 0. The lowest BCUT2D eigenvalue weighted by Crippen LogP contribution is -2.32. The number of benzene rings is 1. The molecule has 1 N–H and O–H groups in total. The molecule has 1 aliphatic carbocycles. The Morgan fingerprint density at radius 3 is 2.95 bits per heavy atom. The van der Waals surface area contributed by atoms with Gasteiger partial charge in [-0.15, -0.1) is 0 Å². The first-order valence-electron chi connectivity index (χ1n) is 7.39. The molecular formula is C16H20N2O2. The highest BCUT2D eigenvalue weighted by Gasteiger charge is 2.35. The molecule has 0 aromatic heterocycles. The Kier molecular flexibility index (Phi) is 3.47. The summed E-state index contributed by atoms with van der Waals surface area (Å²) in [6.45, 7) is 3.01. The van der Waals surface area contributed by atoms with Crippen LogP contribution in [0.15, 0.2) is 18.2 Å². The zero-order valence-electron chi connectivity index (χ0n) is 11.8. The fourth-order valence-electron chi connectivity index (χ4n) is 3.18. The van der Waals surface area contributed by atoms with Gasteiger partial charge in [0.05, 0.1) is 5.92 Å². The Labute approximate surface area is 119 Å². The van der Waals surface area contributed by atoms with Crippen LogP contribution in [0.5, 0.6) is 0 Å². The Morgan fingerprint density at radius 1 is 1.35 bits per heavy atom. The molecule has 2 aliphatic rings. The van der Waals surface area contributed by atoms with Crippen LogP contribution in [-0.4, -0.2) is 24.9 Å². The minimum Gasteiger partial charge on any atom is -0.356 e. The first kappa shape index (κ1) is 13.2. The molecule has 1 aromatic carbocycles. The first-order chi connectivity index (χ1) is 9.69. The number of carbonyl (C=O) groups excluding carboxylic acids is 2. The van der Waals surface area contributed by atoms with Crippen LogP contribution in [-0.2, 0) is 22.4 Å². The van der Waals surface area contributed by atoms with Gasteiger partial charge in [-0.05, 0) is 49.4 Å². The summed E-state index contributed by atoms with van der Waals surface area (Å²) in [6, 6.07) is 6.27. The fourth-order valence-corrected chi connectivity index (χ4v) is 3.18. The zero-order chi connectivity index (χ0) is 14.1. The topological polar surface area (TPSA) is 49.4 Å². The van der Waals surface area contributed by atoms with Crippen molar-refractivity contribution in [2.75, 3.05) is 18.0 Å². The molecule has 1 aliphatic heterocycles. The van der Waals surface area contributed by atoms with Crippen LogP contribution in [0.4, 0.5) is 5.69 Å². The molecule has 1 saturated heterocycles. The quantitative estimate of drug-likeness (QED) is 0.910. The van der Waals surface area contributed by atoms with E-state index in [4.69, 9.17) is 0 Å². The van der Waals surface area contributed by atoms with Gasteiger partial charge in [0, 0.05) is 25.2 Å². The van der Waals surface area contributed by atoms with Gasteiger partial charge in [0.1, 0.15) is 0 Å². The van der Waals surface area contributed by atoms with E-state index in [0.717, 1.165) is 18.5 Å². The number of nitrogens with one attached hydrogen (secondary N) is 1. The second kappa shape index (κ2) is 5.27. The van der Waals surface area contributed by atoms with Crippen LogP contribution in [0.2, 0.25) is 0 Å². The lowest BCUT2D eigenvalue weighted by molar-refractivity contribution is -0.126. The highest BCUT2D eigenvalue weighted by atomic mass is 16.2. The molecule has 0 bridgehead atoms. The molecule has 4 nitrogen and oxygen atoms in total. The maximum atomic E-state index is 12.1. The van der Waals surface area contributed by atoms with Crippen molar-refractivity contribution in [2.24, 2.45) is 5.92 Å². The summed E-state index contributed by atoms with van der Waals surface area (Å²) in [5.41, 5.74) is 3.71. The van der Waals surface area contributed by atoms with Crippen molar-refractivity contribution in [1.82, 2.24) is 5.32 Å². The van der Waals surface area contributed by atoms with Crippen molar-refractivity contribution < 1.29 is 9.59 Å². The van der Waals surface area contributed by atoms with Gasteiger partial charge in [-0.1, -0.05) is 6.07 Å². The van der Waals surface area contributed by atoms with Gasteiger partial charge in [-0.2, -0.15) is 0 Å². The van der Waals surface area contributed by atoms with Crippen molar-refractivity contribution in [3.05, 3.63) is 29.3 Å². The van der Waals surface area contributed by atoms with E-state index in [-0.39, 0.29) is 17.7 Å². The number of rotatable bonds is 3. The molecule has 1 fully saturated rings. The van der Waals surface area contributed by atoms with Crippen LogP contribution < -0.4 is 10.2 Å². The third-order valence-corrected chi connectivity index (χ3v) is 4.24. The lowest BCUT2D eigenvalue weighted by atomic mass is 10.1. The summed E-state index contributed by atoms with van der Waals surface area (Å²) in [4.78, 5) is 25.8. The van der Waals surface area contributed by atoms with Gasteiger partial charge in [0.2, 0.25) is 11.8 Å². The fraction of sp³-hybridized carbons (Fsp3) is 0.500. The first-order valence-corrected chi connectivity index (χ1v) is 7.39. The van der Waals surface area contributed by atoms with E-state index in [0.29, 0.717) is 19.5 Å². The second-order valence-electron chi connectivity index (χ2n) is 5.61. The minimum absolute atomic E-state index is 0.00971. The number of amides is 2. The van der Waals surface area contributed by atoms with E-state index in [9.17, 15) is 9.59 Å². The molecule has 0 saturated carbocycles. The van der Waals surface area contributed by atoms with Crippen LogP contribution in [0.3, 0.4) is 0 Å². The smallest absolute Gasteiger partial charge is 0.227 e. The Morgan fingerprint density at radius 2 is 2.15 bits per heavy atom. The molecule has 0 unspecified atom stereocenters. The van der Waals surface area contributed by atoms with Crippen molar-refractivity contribution in [1.29, 1.82) is 0 Å². The van der Waals surface area contributed by atoms with Crippen molar-refractivity contribution >= 4 is 17.5 Å². The van der Waals surface area contributed by atoms with Crippen LogP contribution >= 0.6 is 0 Å². The number of hydrogen-bond acceptors (Lipinski definition) is 2. The van der Waals surface area contributed by atoms with Crippen LogP contribution in [0, 0.1) is 5.92 Å². The number of aryl methyl sites for hydroxylation is 2. The summed E-state index contributed by atoms with van der Waals surface area (Å²) in [5.74, 6) is -0.167. The van der Waals surface area contributed by atoms with Crippen molar-refractivity contribution in [2.45, 2.75) is 32.6 Å². The minimum atomic E-state index is -0.212. The predicted molar refractivity (Wildman–Crippen MR) is 77.6 cm³/mol. The summed E-state index contributed by atoms with van der Waals surface area (Å²) in [5, 5.41) is 2.80. The third-order valence-electron chi connectivity index (χ3n) is 4.24. The number of fused-ring (bicyclic) bond motifs is 1. The van der Waals surface area contributed by atoms with Gasteiger partial charge < -0.3 is 10.2 Å². The molecule has 106 valence electrons. The lowest BCUT2D eigenvalue weighted by Gasteiger charge is -2.17. The summed E-state index contributed by atoms with van der Waals surface area (Å²) >= 11 is 0. The second-order valence-corrected chi connectivity index (χ2v) is 5.61. The molecule has 3 rings (SSSR count). The molecular weight excluding hydrogens is 252 g/mol. The van der Waals surface area contributed by atoms with Gasteiger partial charge in [-0.3, -0.25) is 9.59 Å². The molecule has 4 heteroatoms. The monoisotopic (exact) mass is 272 g/mol. The Hall–Kier alpha value is -1.84. The molecule has 0 spiro atoms. The Bertz CT molecular complexity index is 553. The molecule has 1 atom stereocenters. The number of nitrogens with zero attached hydrogens (tertiary/aromatic N) is 1. The SMILES string of the molecule is CCNC(=O)[C@@H]1CC(=O)N(c2ccc3c(c2)CCC3)C1. The normalized spacial score (nSPS) is 21.1. The number of anilines is 1. The number of hydrogen-bond donors (Lipinski definition) is 1. The van der Waals surface area contributed by atoms with E-state index >= 15 is 0 Å². The van der Waals surface area contributed by atoms with Crippen LogP contribution in [0.1, 0.15) is 30.9 Å². The van der Waals surface area contributed by atoms with E-state index in [1.807, 2.05) is 13.0 Å². The highest BCUT2D eigenvalue weighted by Crippen LogP contribution is 2.30. The predicted octanol–water partition coefficient (Wildman–Crippen LogP) is 1.66. The standard InChI is InChI=1S/C16H20N2O2/c1-2-17-16(20)13-9-15(19)18(10-13)14-7-6-11-4-3-5-12(11)8-14/h6-8,13H,2-5,9-10H2,1H3,(H,17,20)/t13-/m1/s1. The average molecular weight is 272 g/mol. The Balaban J connectivity index is 1.77. The largest absolute Gasteiger partial charge is 0.356 e. The molecule has 2 amide bonds. The van der Waals surface area contributed by atoms with E-state index in [1.54, 1.807) is 4.90 Å². The van der Waals surface area contributed by atoms with Gasteiger partial charge in [0.15, 0.2) is 0 Å². The van der Waals surface area contributed by atoms with E-state index in [2.05, 4.69) is 17.4 Å². The van der Waals surface area contributed by atoms with E-state index < -0.39 is 0 Å². The zero-order valence-corrected chi connectivity index (χ0v) is 11.8. The average Bonchev–Trinajstić information content (AvgIpc) is 3.04. The van der Waals surface area contributed by atoms with E-state index in [1.165, 1.54) is 17.5 Å². The van der Waals surface area contributed by atoms with Gasteiger partial charge >= 0.3 is 0 Å². The highest BCUT2D eigenvalue weighted by molar-refractivity contribution is 6.00. The number of carbonyl (C=O) groups is 2. The van der Waals surface area contributed by atoms with Gasteiger partial charge in [-0.25, -0.2) is 0 Å². The van der Waals surface area contributed by atoms with Gasteiger partial charge in [0.25, 0.3) is 0 Å². The maximum Gasteiger partial charge on any atom is 0.227 e. The summed E-state index contributed by atoms with van der Waals surface area (Å²) in [6.07, 6.45) is 3.77. The molecule has 1 aromatic rings. The molecule has 20 heavy (non-hydrogen) atoms. The molecule has 0 radical (unpaired) electrons. The third kappa shape index (κ3) is 2.30. The van der Waals surface area contributed by atoms with Crippen molar-refractivity contribution in [3.63, 3.8) is 0 Å².